The summed E-state index contributed by atoms with van der Waals surface area (Å²) in [5.41, 5.74) is 3.74. The number of anilines is 1. The molecular weight excluding hydrogens is 326 g/mol. The number of carbonyl (C=O) groups excluding carboxylic acids is 1. The average molecular weight is 344 g/mol. The molecule has 2 aromatic carbocycles. The van der Waals surface area contributed by atoms with Gasteiger partial charge in [-0.25, -0.2) is 0 Å². The van der Waals surface area contributed by atoms with Crippen LogP contribution in [0.4, 0.5) is 5.69 Å². The van der Waals surface area contributed by atoms with Crippen molar-refractivity contribution in [3.8, 4) is 0 Å². The van der Waals surface area contributed by atoms with Crippen LogP contribution in [0.5, 0.6) is 0 Å². The lowest BCUT2D eigenvalue weighted by atomic mass is 10.0. The zero-order chi connectivity index (χ0) is 16.7. The zero-order valence-corrected chi connectivity index (χ0v) is 14.2. The predicted molar refractivity (Wildman–Crippen MR) is 92.0 cm³/mol. The molecule has 0 bridgehead atoms. The van der Waals surface area contributed by atoms with Gasteiger partial charge in [0.1, 0.15) is 0 Å². The van der Waals surface area contributed by atoms with Gasteiger partial charge in [0.15, 0.2) is 0 Å². The number of aryl methyl sites for hydroxylation is 1. The maximum Gasteiger partial charge on any atom is 0.292 e. The van der Waals surface area contributed by atoms with Crippen molar-refractivity contribution in [2.24, 2.45) is 0 Å². The molecule has 0 saturated carbocycles. The summed E-state index contributed by atoms with van der Waals surface area (Å²) in [7, 11) is 0. The van der Waals surface area contributed by atoms with Crippen molar-refractivity contribution >= 4 is 23.2 Å². The second kappa shape index (κ2) is 5.88. The van der Waals surface area contributed by atoms with E-state index in [1.54, 1.807) is 4.90 Å². The molecule has 124 valence electrons. The minimum absolute atomic E-state index is 0.155. The van der Waals surface area contributed by atoms with Gasteiger partial charge in [0.25, 0.3) is 11.7 Å². The van der Waals surface area contributed by atoms with E-state index < -0.39 is 5.79 Å². The highest BCUT2D eigenvalue weighted by Crippen LogP contribution is 2.46. The van der Waals surface area contributed by atoms with Crippen LogP contribution < -0.4 is 4.90 Å². The largest absolute Gasteiger partial charge is 0.338 e. The molecule has 0 aliphatic carbocycles. The molecule has 4 rings (SSSR count). The van der Waals surface area contributed by atoms with Gasteiger partial charge in [0, 0.05) is 10.6 Å². The van der Waals surface area contributed by atoms with Crippen LogP contribution in [0.1, 0.15) is 23.1 Å². The van der Waals surface area contributed by atoms with Gasteiger partial charge in [0.05, 0.1) is 25.4 Å². The van der Waals surface area contributed by atoms with Crippen LogP contribution in [-0.4, -0.2) is 19.1 Å². The van der Waals surface area contributed by atoms with E-state index in [2.05, 4.69) is 0 Å². The van der Waals surface area contributed by atoms with E-state index in [0.29, 0.717) is 24.8 Å². The molecule has 2 aliphatic rings. The normalized spacial score (nSPS) is 18.9. The maximum atomic E-state index is 13.2. The van der Waals surface area contributed by atoms with Crippen molar-refractivity contribution in [3.05, 3.63) is 64.2 Å². The van der Waals surface area contributed by atoms with Gasteiger partial charge in [-0.15, -0.1) is 0 Å². The molecule has 2 aromatic rings. The number of ether oxygens (including phenoxy) is 2. The summed E-state index contributed by atoms with van der Waals surface area (Å²) in [6.07, 6.45) is 0.799. The SMILES string of the molecule is Cc1ccc2c(c1)C1(OCCCO1)C(=O)N2Cc1ccc(Cl)cc1. The van der Waals surface area contributed by atoms with Crippen LogP contribution in [0.15, 0.2) is 42.5 Å². The Labute approximate surface area is 145 Å². The van der Waals surface area contributed by atoms with E-state index in [1.165, 1.54) is 0 Å². The highest BCUT2D eigenvalue weighted by atomic mass is 35.5. The van der Waals surface area contributed by atoms with Gasteiger partial charge in [0.2, 0.25) is 0 Å². The van der Waals surface area contributed by atoms with E-state index in [9.17, 15) is 4.79 Å². The van der Waals surface area contributed by atoms with E-state index in [1.807, 2.05) is 49.4 Å². The fraction of sp³-hybridized carbons (Fsp3) is 0.316. The van der Waals surface area contributed by atoms with E-state index in [0.717, 1.165) is 28.8 Å². The van der Waals surface area contributed by atoms with E-state index in [-0.39, 0.29) is 5.91 Å². The first-order valence-electron chi connectivity index (χ1n) is 8.06. The molecule has 4 nitrogen and oxygen atoms in total. The van der Waals surface area contributed by atoms with Gasteiger partial charge in [-0.1, -0.05) is 35.4 Å². The Balaban J connectivity index is 1.76. The van der Waals surface area contributed by atoms with Crippen molar-refractivity contribution in [1.82, 2.24) is 0 Å². The first-order valence-corrected chi connectivity index (χ1v) is 8.43. The Morgan fingerprint density at radius 2 is 1.83 bits per heavy atom. The first-order chi connectivity index (χ1) is 11.6. The molecule has 1 amide bonds. The monoisotopic (exact) mass is 343 g/mol. The molecule has 24 heavy (non-hydrogen) atoms. The molecule has 5 heteroatoms. The fourth-order valence-electron chi connectivity index (χ4n) is 3.29. The summed E-state index contributed by atoms with van der Waals surface area (Å²) in [4.78, 5) is 14.9. The van der Waals surface area contributed by atoms with Gasteiger partial charge >= 0.3 is 0 Å². The summed E-state index contributed by atoms with van der Waals surface area (Å²) >= 11 is 5.95. The van der Waals surface area contributed by atoms with Crippen molar-refractivity contribution < 1.29 is 14.3 Å². The maximum absolute atomic E-state index is 13.2. The number of carbonyl (C=O) groups is 1. The van der Waals surface area contributed by atoms with Gasteiger partial charge in [-0.05, 0) is 43.2 Å². The Morgan fingerprint density at radius 3 is 2.54 bits per heavy atom. The molecule has 2 heterocycles. The predicted octanol–water partition coefficient (Wildman–Crippen LogP) is 3.78. The molecule has 1 fully saturated rings. The molecule has 0 atom stereocenters. The number of fused-ring (bicyclic) bond motifs is 2. The molecule has 2 aliphatic heterocycles. The van der Waals surface area contributed by atoms with Crippen LogP contribution in [0.3, 0.4) is 0 Å². The third-order valence-electron chi connectivity index (χ3n) is 4.48. The fourth-order valence-corrected chi connectivity index (χ4v) is 3.42. The minimum Gasteiger partial charge on any atom is -0.338 e. The molecule has 0 aromatic heterocycles. The Bertz CT molecular complexity index is 782. The van der Waals surface area contributed by atoms with Crippen molar-refractivity contribution in [2.45, 2.75) is 25.7 Å². The quantitative estimate of drug-likeness (QED) is 0.832. The Kier molecular flexibility index (Phi) is 3.83. The Morgan fingerprint density at radius 1 is 1.12 bits per heavy atom. The smallest absolute Gasteiger partial charge is 0.292 e. The number of nitrogens with zero attached hydrogens (tertiary/aromatic N) is 1. The molecular formula is C19H18ClNO3. The summed E-state index contributed by atoms with van der Waals surface area (Å²) < 4.78 is 11.7. The number of benzene rings is 2. The topological polar surface area (TPSA) is 38.8 Å². The molecule has 0 radical (unpaired) electrons. The van der Waals surface area contributed by atoms with E-state index >= 15 is 0 Å². The summed E-state index contributed by atoms with van der Waals surface area (Å²) in [5.74, 6) is -1.44. The first kappa shape index (κ1) is 15.6. The van der Waals surface area contributed by atoms with E-state index in [4.69, 9.17) is 21.1 Å². The zero-order valence-electron chi connectivity index (χ0n) is 13.4. The highest BCUT2D eigenvalue weighted by Gasteiger charge is 2.54. The van der Waals surface area contributed by atoms with Crippen LogP contribution in [-0.2, 0) is 26.6 Å². The standard InChI is InChI=1S/C19H18ClNO3/c1-13-3-8-17-16(11-13)19(23-9-2-10-24-19)18(22)21(17)12-14-4-6-15(20)7-5-14/h3-8,11H,2,9-10,12H2,1H3. The van der Waals surface area contributed by atoms with Crippen molar-refractivity contribution in [2.75, 3.05) is 18.1 Å². The number of amides is 1. The lowest BCUT2D eigenvalue weighted by molar-refractivity contribution is -0.256. The van der Waals surface area contributed by atoms with Crippen LogP contribution in [0, 0.1) is 6.92 Å². The summed E-state index contributed by atoms with van der Waals surface area (Å²) in [6.45, 7) is 3.51. The lowest BCUT2D eigenvalue weighted by Crippen LogP contribution is -2.47. The van der Waals surface area contributed by atoms with Crippen molar-refractivity contribution in [3.63, 3.8) is 0 Å². The van der Waals surface area contributed by atoms with Gasteiger partial charge in [-0.2, -0.15) is 0 Å². The van der Waals surface area contributed by atoms with Gasteiger partial charge < -0.3 is 14.4 Å². The number of hydrogen-bond acceptors (Lipinski definition) is 3. The van der Waals surface area contributed by atoms with Crippen molar-refractivity contribution in [1.29, 1.82) is 0 Å². The number of hydrogen-bond donors (Lipinski definition) is 0. The molecule has 1 spiro atoms. The third-order valence-corrected chi connectivity index (χ3v) is 4.73. The molecule has 0 unspecified atom stereocenters. The summed E-state index contributed by atoms with van der Waals surface area (Å²) in [5, 5.41) is 0.679. The number of rotatable bonds is 2. The van der Waals surface area contributed by atoms with Crippen LogP contribution in [0.25, 0.3) is 0 Å². The van der Waals surface area contributed by atoms with Crippen LogP contribution in [0.2, 0.25) is 5.02 Å². The molecule has 0 N–H and O–H groups in total. The lowest BCUT2D eigenvalue weighted by Gasteiger charge is -2.32. The van der Waals surface area contributed by atoms with Gasteiger partial charge in [-0.3, -0.25) is 4.79 Å². The average Bonchev–Trinajstić information content (AvgIpc) is 2.80. The third kappa shape index (κ3) is 2.42. The Hall–Kier alpha value is -1.88. The summed E-state index contributed by atoms with van der Waals surface area (Å²) in [6, 6.07) is 13.5. The number of halogens is 1. The minimum atomic E-state index is -1.29. The second-order valence-electron chi connectivity index (χ2n) is 6.21. The molecule has 1 saturated heterocycles. The second-order valence-corrected chi connectivity index (χ2v) is 6.64. The van der Waals surface area contributed by atoms with Crippen LogP contribution >= 0.6 is 11.6 Å². The highest BCUT2D eigenvalue weighted by molar-refractivity contribution is 6.30.